The Morgan fingerprint density at radius 1 is 1.29 bits per heavy atom. The van der Waals surface area contributed by atoms with Crippen LogP contribution in [-0.2, 0) is 35.7 Å². The Hall–Kier alpha value is -2.91. The lowest BCUT2D eigenvalue weighted by Crippen LogP contribution is -2.74. The van der Waals surface area contributed by atoms with Crippen molar-refractivity contribution in [1.29, 1.82) is 0 Å². The summed E-state index contributed by atoms with van der Waals surface area (Å²) in [5, 5.41) is 22.6. The summed E-state index contributed by atoms with van der Waals surface area (Å²) in [7, 11) is 1.99. The molecule has 5 atom stereocenters. The van der Waals surface area contributed by atoms with Crippen LogP contribution in [0.15, 0.2) is 24.0 Å². The number of benzene rings is 1. The standard InChI is InChI=1S/C25H29NO8.CH4/c1-13(27)4-7-19(29)32-14(2)23(30)33-17-8-9-25(31)18-12-15-5-6-16(28)21-20(15)24(25,22(17)34-21)10-11-26(18)3;/h5-6,8,14,18,22,28,31H,4,7,9-12H2,1-3H3;1H4/t14-,18+,22-,24-,25+;/m0./s1. The minimum atomic E-state index is -1.18. The van der Waals surface area contributed by atoms with E-state index in [-0.39, 0.29) is 50.0 Å². The van der Waals surface area contributed by atoms with E-state index in [1.807, 2.05) is 13.1 Å². The number of aromatic hydroxyl groups is 1. The molecule has 2 aliphatic heterocycles. The van der Waals surface area contributed by atoms with Gasteiger partial charge in [0, 0.05) is 24.4 Å². The zero-order valence-corrected chi connectivity index (χ0v) is 19.5. The molecule has 0 unspecified atom stereocenters. The average molecular weight is 488 g/mol. The lowest BCUT2D eigenvalue weighted by Gasteiger charge is -2.61. The smallest absolute Gasteiger partial charge is 0.352 e. The molecule has 4 aliphatic rings. The van der Waals surface area contributed by atoms with Crippen molar-refractivity contribution in [2.45, 2.75) is 82.6 Å². The summed E-state index contributed by atoms with van der Waals surface area (Å²) in [6, 6.07) is 3.32. The number of esters is 2. The van der Waals surface area contributed by atoms with Crippen LogP contribution in [0.25, 0.3) is 0 Å². The van der Waals surface area contributed by atoms with E-state index >= 15 is 0 Å². The van der Waals surface area contributed by atoms with Gasteiger partial charge in [0.15, 0.2) is 23.7 Å². The first-order valence-corrected chi connectivity index (χ1v) is 11.6. The molecule has 9 nitrogen and oxygen atoms in total. The maximum absolute atomic E-state index is 12.8. The highest BCUT2D eigenvalue weighted by Gasteiger charge is 2.72. The molecule has 2 bridgehead atoms. The number of aliphatic hydroxyl groups is 1. The summed E-state index contributed by atoms with van der Waals surface area (Å²) in [5.74, 6) is -1.01. The SMILES string of the molecule is C.CC(=O)CCC(=O)O[C@@H](C)C(=O)OC1=CC[C@@]2(O)[C@H]3Cc4ccc(O)c5c4[C@@]2(CCN3C)[C@H]1O5. The van der Waals surface area contributed by atoms with E-state index < -0.39 is 35.2 Å². The molecule has 190 valence electrons. The zero-order valence-electron chi connectivity index (χ0n) is 19.5. The Morgan fingerprint density at radius 2 is 2.03 bits per heavy atom. The highest BCUT2D eigenvalue weighted by Crippen LogP contribution is 2.65. The van der Waals surface area contributed by atoms with Crippen molar-refractivity contribution < 1.29 is 38.8 Å². The van der Waals surface area contributed by atoms with Crippen LogP contribution in [0, 0.1) is 0 Å². The maximum atomic E-state index is 12.8. The number of hydrogen-bond donors (Lipinski definition) is 2. The monoisotopic (exact) mass is 487 g/mol. The third-order valence-corrected chi connectivity index (χ3v) is 7.89. The van der Waals surface area contributed by atoms with Gasteiger partial charge >= 0.3 is 11.9 Å². The van der Waals surface area contributed by atoms with Crippen LogP contribution in [0.4, 0.5) is 0 Å². The number of nitrogens with zero attached hydrogens (tertiary/aromatic N) is 1. The fraction of sp³-hybridized carbons (Fsp3) is 0.577. The van der Waals surface area contributed by atoms with Gasteiger partial charge in [-0.15, -0.1) is 0 Å². The molecule has 0 radical (unpaired) electrons. The van der Waals surface area contributed by atoms with Crippen molar-refractivity contribution in [1.82, 2.24) is 4.90 Å². The van der Waals surface area contributed by atoms with Crippen molar-refractivity contribution in [3.8, 4) is 11.5 Å². The summed E-state index contributed by atoms with van der Waals surface area (Å²) < 4.78 is 17.0. The summed E-state index contributed by atoms with van der Waals surface area (Å²) >= 11 is 0. The number of piperidine rings is 1. The van der Waals surface area contributed by atoms with Crippen molar-refractivity contribution in [3.63, 3.8) is 0 Å². The molecule has 35 heavy (non-hydrogen) atoms. The van der Waals surface area contributed by atoms with Crippen molar-refractivity contribution in [3.05, 3.63) is 35.1 Å². The normalized spacial score (nSPS) is 30.7. The van der Waals surface area contributed by atoms with E-state index in [0.717, 1.165) is 11.1 Å². The van der Waals surface area contributed by atoms with Crippen molar-refractivity contribution >= 4 is 17.7 Å². The number of carbonyl (C=O) groups is 3. The predicted octanol–water partition coefficient (Wildman–Crippen LogP) is 2.15. The first-order chi connectivity index (χ1) is 16.1. The second kappa shape index (κ2) is 8.64. The van der Waals surface area contributed by atoms with Gasteiger partial charge in [0.05, 0.1) is 17.4 Å². The molecular weight excluding hydrogens is 454 g/mol. The van der Waals surface area contributed by atoms with Gasteiger partial charge in [-0.3, -0.25) is 4.79 Å². The minimum absolute atomic E-state index is 0. The Morgan fingerprint density at radius 3 is 2.74 bits per heavy atom. The predicted molar refractivity (Wildman–Crippen MR) is 125 cm³/mol. The second-order valence-corrected chi connectivity index (χ2v) is 9.86. The number of phenolic OH excluding ortho intramolecular Hbond substituents is 1. The first kappa shape index (κ1) is 25.2. The quantitative estimate of drug-likeness (QED) is 0.581. The molecule has 0 aromatic heterocycles. The van der Waals surface area contributed by atoms with Crippen LogP contribution < -0.4 is 4.74 Å². The van der Waals surface area contributed by atoms with Gasteiger partial charge in [-0.2, -0.15) is 0 Å². The van der Waals surface area contributed by atoms with Gasteiger partial charge in [-0.25, -0.2) is 4.79 Å². The molecule has 1 spiro atoms. The number of ether oxygens (including phenoxy) is 3. The largest absolute Gasteiger partial charge is 0.504 e. The molecule has 0 amide bonds. The number of likely N-dealkylation sites (N-methyl/N-ethyl adjacent to an activating group) is 1. The van der Waals surface area contributed by atoms with Gasteiger partial charge in [-0.1, -0.05) is 13.5 Å². The van der Waals surface area contributed by atoms with E-state index in [4.69, 9.17) is 14.2 Å². The number of phenols is 1. The summed E-state index contributed by atoms with van der Waals surface area (Å²) in [6.07, 6.45) is 1.08. The molecular formula is C26H33NO8. The molecule has 1 aromatic rings. The van der Waals surface area contributed by atoms with E-state index in [9.17, 15) is 24.6 Å². The number of Topliss-reactive ketones (excluding diaryl/α,β-unsaturated/α-hetero) is 1. The molecule has 1 fully saturated rings. The van der Waals surface area contributed by atoms with E-state index in [1.54, 1.807) is 12.1 Å². The second-order valence-electron chi connectivity index (χ2n) is 9.86. The molecule has 2 heterocycles. The fourth-order valence-corrected chi connectivity index (χ4v) is 6.22. The van der Waals surface area contributed by atoms with Gasteiger partial charge in [0.1, 0.15) is 11.5 Å². The van der Waals surface area contributed by atoms with E-state index in [0.29, 0.717) is 25.1 Å². The number of ketones is 1. The van der Waals surface area contributed by atoms with E-state index in [1.165, 1.54) is 13.8 Å². The molecule has 2 aliphatic carbocycles. The molecule has 9 heteroatoms. The Kier molecular flexibility index (Phi) is 6.22. The fourth-order valence-electron chi connectivity index (χ4n) is 6.22. The molecule has 5 rings (SSSR count). The van der Waals surface area contributed by atoms with Crippen molar-refractivity contribution in [2.75, 3.05) is 13.6 Å². The number of likely N-dealkylation sites (tertiary alicyclic amines) is 1. The Labute approximate surface area is 204 Å². The van der Waals surface area contributed by atoms with Crippen LogP contribution in [-0.4, -0.2) is 70.3 Å². The first-order valence-electron chi connectivity index (χ1n) is 11.6. The Bertz CT molecular complexity index is 1110. The maximum Gasteiger partial charge on any atom is 0.352 e. The lowest BCUT2D eigenvalue weighted by atomic mass is 9.50. The van der Waals surface area contributed by atoms with Crippen LogP contribution in [0.3, 0.4) is 0 Å². The van der Waals surface area contributed by atoms with Crippen LogP contribution >= 0.6 is 0 Å². The van der Waals surface area contributed by atoms with Gasteiger partial charge < -0.3 is 34.1 Å². The number of hydrogen-bond acceptors (Lipinski definition) is 9. The summed E-state index contributed by atoms with van der Waals surface area (Å²) in [6.45, 7) is 3.50. The molecule has 1 saturated heterocycles. The van der Waals surface area contributed by atoms with E-state index in [2.05, 4.69) is 4.90 Å². The number of rotatable bonds is 6. The summed E-state index contributed by atoms with van der Waals surface area (Å²) in [5.41, 5.74) is -0.207. The highest BCUT2D eigenvalue weighted by atomic mass is 16.6. The molecule has 0 saturated carbocycles. The average Bonchev–Trinajstić information content (AvgIpc) is 3.14. The van der Waals surface area contributed by atoms with Crippen LogP contribution in [0.2, 0.25) is 0 Å². The zero-order chi connectivity index (χ0) is 24.4. The molecule has 2 N–H and O–H groups in total. The molecule has 1 aromatic carbocycles. The number of carbonyl (C=O) groups excluding carboxylic acids is 3. The lowest BCUT2D eigenvalue weighted by molar-refractivity contribution is -0.175. The third kappa shape index (κ3) is 3.55. The van der Waals surface area contributed by atoms with Gasteiger partial charge in [0.25, 0.3) is 0 Å². The highest BCUT2D eigenvalue weighted by molar-refractivity contribution is 5.83. The minimum Gasteiger partial charge on any atom is -0.504 e. The van der Waals surface area contributed by atoms with Crippen molar-refractivity contribution in [2.24, 2.45) is 0 Å². The summed E-state index contributed by atoms with van der Waals surface area (Å²) in [4.78, 5) is 38.0. The van der Waals surface area contributed by atoms with Crippen LogP contribution in [0.1, 0.15) is 58.1 Å². The van der Waals surface area contributed by atoms with Crippen LogP contribution in [0.5, 0.6) is 11.5 Å². The van der Waals surface area contributed by atoms with Gasteiger partial charge in [0.2, 0.25) is 0 Å². The third-order valence-electron chi connectivity index (χ3n) is 7.89. The topological polar surface area (TPSA) is 123 Å². The van der Waals surface area contributed by atoms with Gasteiger partial charge in [-0.05, 0) is 58.0 Å². The Balaban J connectivity index is 0.00000289.